The van der Waals surface area contributed by atoms with E-state index in [0.29, 0.717) is 22.0 Å². The molecule has 0 atom stereocenters. The molecule has 1 heterocycles. The molecule has 18 heavy (non-hydrogen) atoms. The van der Waals surface area contributed by atoms with E-state index < -0.39 is 0 Å². The fraction of sp³-hybridized carbons (Fsp3) is 0.0769. The van der Waals surface area contributed by atoms with Gasteiger partial charge in [-0.3, -0.25) is 4.79 Å². The summed E-state index contributed by atoms with van der Waals surface area (Å²) < 4.78 is 0. The zero-order chi connectivity index (χ0) is 13.0. The molecule has 2 rings (SSSR count). The van der Waals surface area contributed by atoms with E-state index in [9.17, 15) is 4.79 Å². The first kappa shape index (κ1) is 12.6. The van der Waals surface area contributed by atoms with Crippen LogP contribution in [0.3, 0.4) is 0 Å². The maximum atomic E-state index is 11.9. The molecule has 0 aliphatic heterocycles. The Bertz CT molecular complexity index is 598. The Kier molecular flexibility index (Phi) is 3.98. The third-order valence-electron chi connectivity index (χ3n) is 2.38. The highest BCUT2D eigenvalue weighted by atomic mass is 35.5. The van der Waals surface area contributed by atoms with Crippen molar-refractivity contribution in [2.45, 2.75) is 5.88 Å². The molecule has 0 unspecified atom stereocenters. The van der Waals surface area contributed by atoms with Gasteiger partial charge in [-0.1, -0.05) is 12.1 Å². The van der Waals surface area contributed by atoms with E-state index in [1.54, 1.807) is 23.6 Å². The van der Waals surface area contributed by atoms with Gasteiger partial charge in [0.25, 0.3) is 5.91 Å². The monoisotopic (exact) mass is 276 g/mol. The van der Waals surface area contributed by atoms with Crippen molar-refractivity contribution < 1.29 is 4.79 Å². The van der Waals surface area contributed by atoms with E-state index in [4.69, 9.17) is 16.9 Å². The summed E-state index contributed by atoms with van der Waals surface area (Å²) in [6.45, 7) is 0. The highest BCUT2D eigenvalue weighted by Crippen LogP contribution is 2.22. The highest BCUT2D eigenvalue weighted by molar-refractivity contribution is 7.14. The fourth-order valence-corrected chi connectivity index (χ4v) is 2.33. The summed E-state index contributed by atoms with van der Waals surface area (Å²) in [5, 5.41) is 13.9. The van der Waals surface area contributed by atoms with Gasteiger partial charge in [-0.25, -0.2) is 0 Å². The Morgan fingerprint density at radius 1 is 1.33 bits per heavy atom. The van der Waals surface area contributed by atoms with Crippen molar-refractivity contribution in [1.29, 1.82) is 5.26 Å². The Morgan fingerprint density at radius 2 is 2.06 bits per heavy atom. The second-order valence-electron chi connectivity index (χ2n) is 3.56. The van der Waals surface area contributed by atoms with E-state index >= 15 is 0 Å². The topological polar surface area (TPSA) is 52.9 Å². The van der Waals surface area contributed by atoms with Gasteiger partial charge in [0.15, 0.2) is 0 Å². The van der Waals surface area contributed by atoms with Crippen molar-refractivity contribution in [2.75, 3.05) is 5.32 Å². The molecular formula is C13H9ClN2OS. The largest absolute Gasteiger partial charge is 0.312 e. The van der Waals surface area contributed by atoms with Crippen molar-refractivity contribution in [3.8, 4) is 6.07 Å². The van der Waals surface area contributed by atoms with Crippen LogP contribution in [0.4, 0.5) is 5.00 Å². The minimum absolute atomic E-state index is 0.227. The number of amides is 1. The average molecular weight is 277 g/mol. The first-order chi connectivity index (χ1) is 8.74. The molecule has 3 nitrogen and oxygen atoms in total. The van der Waals surface area contributed by atoms with Gasteiger partial charge in [-0.05, 0) is 29.1 Å². The van der Waals surface area contributed by atoms with Crippen molar-refractivity contribution in [3.63, 3.8) is 0 Å². The molecule has 1 amide bonds. The zero-order valence-corrected chi connectivity index (χ0v) is 10.9. The lowest BCUT2D eigenvalue weighted by Crippen LogP contribution is -2.11. The van der Waals surface area contributed by atoms with Gasteiger partial charge in [0.1, 0.15) is 11.1 Å². The molecule has 2 aromatic rings. The number of hydrogen-bond acceptors (Lipinski definition) is 3. The van der Waals surface area contributed by atoms with Crippen LogP contribution >= 0.6 is 22.9 Å². The van der Waals surface area contributed by atoms with Gasteiger partial charge in [0.2, 0.25) is 0 Å². The van der Waals surface area contributed by atoms with Gasteiger partial charge in [-0.15, -0.1) is 22.9 Å². The summed E-state index contributed by atoms with van der Waals surface area (Å²) in [5.41, 5.74) is 1.98. The van der Waals surface area contributed by atoms with Crippen LogP contribution in [0.5, 0.6) is 0 Å². The van der Waals surface area contributed by atoms with Gasteiger partial charge >= 0.3 is 0 Å². The van der Waals surface area contributed by atoms with Crippen LogP contribution in [0, 0.1) is 11.3 Å². The minimum Gasteiger partial charge on any atom is -0.312 e. The number of rotatable bonds is 3. The predicted molar refractivity (Wildman–Crippen MR) is 73.0 cm³/mol. The van der Waals surface area contributed by atoms with Crippen molar-refractivity contribution in [1.82, 2.24) is 0 Å². The molecular weight excluding hydrogens is 268 g/mol. The van der Waals surface area contributed by atoms with Crippen molar-refractivity contribution >= 4 is 33.8 Å². The molecule has 0 spiro atoms. The lowest BCUT2D eigenvalue weighted by molar-refractivity contribution is 0.102. The van der Waals surface area contributed by atoms with E-state index in [1.807, 2.05) is 18.2 Å². The second-order valence-corrected chi connectivity index (χ2v) is 4.74. The molecule has 1 aromatic carbocycles. The number of nitrogens with zero attached hydrogens (tertiary/aromatic N) is 1. The molecule has 1 N–H and O–H groups in total. The number of hydrogen-bond donors (Lipinski definition) is 1. The SMILES string of the molecule is N#Cc1ccsc1NC(=O)c1ccc(CCl)cc1. The maximum absolute atomic E-state index is 11.9. The lowest BCUT2D eigenvalue weighted by atomic mass is 10.1. The molecule has 0 radical (unpaired) electrons. The van der Waals surface area contributed by atoms with Crippen molar-refractivity contribution in [2.24, 2.45) is 0 Å². The number of anilines is 1. The maximum Gasteiger partial charge on any atom is 0.256 e. The molecule has 0 bridgehead atoms. The quantitative estimate of drug-likeness (QED) is 0.871. The highest BCUT2D eigenvalue weighted by Gasteiger charge is 2.09. The average Bonchev–Trinajstić information content (AvgIpc) is 2.86. The number of benzene rings is 1. The third kappa shape index (κ3) is 2.70. The van der Waals surface area contributed by atoms with Crippen molar-refractivity contribution in [3.05, 3.63) is 52.4 Å². The van der Waals surface area contributed by atoms with Crippen LogP contribution in [0.25, 0.3) is 0 Å². The molecule has 0 saturated carbocycles. The van der Waals surface area contributed by atoms with E-state index in [2.05, 4.69) is 5.32 Å². The number of alkyl halides is 1. The summed E-state index contributed by atoms with van der Waals surface area (Å²) in [7, 11) is 0. The number of carbonyl (C=O) groups excluding carboxylic acids is 1. The Hall–Kier alpha value is -1.83. The summed E-state index contributed by atoms with van der Waals surface area (Å²) >= 11 is 7.01. The Balaban J connectivity index is 2.15. The van der Waals surface area contributed by atoms with Crippen LogP contribution in [0.2, 0.25) is 0 Å². The Labute approximate surface area is 114 Å². The van der Waals surface area contributed by atoms with Crippen LogP contribution in [-0.4, -0.2) is 5.91 Å². The number of thiophene rings is 1. The predicted octanol–water partition coefficient (Wildman–Crippen LogP) is 3.61. The fourth-order valence-electron chi connectivity index (χ4n) is 1.41. The standard InChI is InChI=1S/C13H9ClN2OS/c14-7-9-1-3-10(4-2-9)12(17)16-13-11(8-15)5-6-18-13/h1-6H,7H2,(H,16,17). The first-order valence-electron chi connectivity index (χ1n) is 5.18. The number of halogens is 1. The molecule has 1 aromatic heterocycles. The summed E-state index contributed by atoms with van der Waals surface area (Å²) in [6.07, 6.45) is 0. The van der Waals surface area contributed by atoms with E-state index in [1.165, 1.54) is 11.3 Å². The first-order valence-corrected chi connectivity index (χ1v) is 6.60. The zero-order valence-electron chi connectivity index (χ0n) is 9.31. The lowest BCUT2D eigenvalue weighted by Gasteiger charge is -2.03. The molecule has 0 aliphatic rings. The van der Waals surface area contributed by atoms with Gasteiger partial charge in [-0.2, -0.15) is 5.26 Å². The van der Waals surface area contributed by atoms with E-state index in [-0.39, 0.29) is 5.91 Å². The third-order valence-corrected chi connectivity index (χ3v) is 3.52. The van der Waals surface area contributed by atoms with Crippen LogP contribution in [-0.2, 0) is 5.88 Å². The van der Waals surface area contributed by atoms with E-state index in [0.717, 1.165) is 5.56 Å². The van der Waals surface area contributed by atoms with Crippen LogP contribution in [0.15, 0.2) is 35.7 Å². The molecule has 0 saturated heterocycles. The van der Waals surface area contributed by atoms with Gasteiger partial charge in [0.05, 0.1) is 5.56 Å². The minimum atomic E-state index is -0.227. The molecule has 0 aliphatic carbocycles. The van der Waals surface area contributed by atoms with Gasteiger partial charge in [0, 0.05) is 11.4 Å². The smallest absolute Gasteiger partial charge is 0.256 e. The number of carbonyl (C=O) groups is 1. The second kappa shape index (κ2) is 5.67. The van der Waals surface area contributed by atoms with Crippen LogP contribution in [0.1, 0.15) is 21.5 Å². The summed E-state index contributed by atoms with van der Waals surface area (Å²) in [4.78, 5) is 11.9. The summed E-state index contributed by atoms with van der Waals surface area (Å²) in [5.74, 6) is 0.195. The summed E-state index contributed by atoms with van der Waals surface area (Å²) in [6, 6.07) is 10.8. The molecule has 5 heteroatoms. The number of nitrogens with one attached hydrogen (secondary N) is 1. The molecule has 90 valence electrons. The number of nitriles is 1. The molecule has 0 fully saturated rings. The Morgan fingerprint density at radius 3 is 2.67 bits per heavy atom. The van der Waals surface area contributed by atoms with Gasteiger partial charge < -0.3 is 5.32 Å². The van der Waals surface area contributed by atoms with Crippen LogP contribution < -0.4 is 5.32 Å². The normalized spacial score (nSPS) is 9.78.